The fourth-order valence-electron chi connectivity index (χ4n) is 1.58. The molecule has 5 heteroatoms. The van der Waals surface area contributed by atoms with Crippen LogP contribution in [0.25, 0.3) is 0 Å². The van der Waals surface area contributed by atoms with E-state index in [2.05, 4.69) is 15.5 Å². The quantitative estimate of drug-likeness (QED) is 0.803. The first-order valence-corrected chi connectivity index (χ1v) is 5.47. The summed E-state index contributed by atoms with van der Waals surface area (Å²) in [6.07, 6.45) is 2.08. The highest BCUT2D eigenvalue weighted by atomic mass is 19.1. The highest BCUT2D eigenvalue weighted by molar-refractivity contribution is 5.26. The number of nitrogens with one attached hydrogen (secondary N) is 1. The predicted octanol–water partition coefficient (Wildman–Crippen LogP) is 1.85. The largest absolute Gasteiger partial charge is 0.340 e. The average molecular weight is 235 g/mol. The number of rotatable bonds is 5. The summed E-state index contributed by atoms with van der Waals surface area (Å²) in [6.45, 7) is 3.36. The lowest BCUT2D eigenvalue weighted by Gasteiger charge is -2.06. The van der Waals surface area contributed by atoms with Crippen LogP contribution in [0.15, 0.2) is 29.0 Å². The van der Waals surface area contributed by atoms with E-state index in [0.717, 1.165) is 17.7 Å². The molecule has 0 aliphatic carbocycles. The van der Waals surface area contributed by atoms with Gasteiger partial charge < -0.3 is 9.84 Å². The van der Waals surface area contributed by atoms with E-state index in [1.54, 1.807) is 6.07 Å². The molecule has 1 aromatic heterocycles. The average Bonchev–Trinajstić information content (AvgIpc) is 2.79. The first kappa shape index (κ1) is 11.7. The summed E-state index contributed by atoms with van der Waals surface area (Å²) in [5.41, 5.74) is 2.05. The Labute approximate surface area is 98.8 Å². The SMILES string of the molecule is Cc1cc(F)ccc1CNCCc1ncno1. The Bertz CT molecular complexity index is 471. The molecule has 90 valence electrons. The molecule has 1 heterocycles. The zero-order chi connectivity index (χ0) is 12.1. The minimum Gasteiger partial charge on any atom is -0.340 e. The van der Waals surface area contributed by atoms with Gasteiger partial charge in [-0.05, 0) is 30.2 Å². The van der Waals surface area contributed by atoms with Crippen molar-refractivity contribution in [1.29, 1.82) is 0 Å². The van der Waals surface area contributed by atoms with Crippen molar-refractivity contribution in [1.82, 2.24) is 15.5 Å². The normalized spacial score (nSPS) is 10.7. The number of benzene rings is 1. The Morgan fingerprint density at radius 3 is 3.00 bits per heavy atom. The molecule has 2 rings (SSSR count). The topological polar surface area (TPSA) is 51.0 Å². The van der Waals surface area contributed by atoms with Gasteiger partial charge in [-0.2, -0.15) is 4.98 Å². The maximum Gasteiger partial charge on any atom is 0.227 e. The van der Waals surface area contributed by atoms with Gasteiger partial charge in [0.05, 0.1) is 0 Å². The van der Waals surface area contributed by atoms with E-state index in [0.29, 0.717) is 18.9 Å². The maximum atomic E-state index is 12.9. The molecule has 0 unspecified atom stereocenters. The van der Waals surface area contributed by atoms with E-state index in [-0.39, 0.29) is 5.82 Å². The van der Waals surface area contributed by atoms with Crippen LogP contribution in [-0.2, 0) is 13.0 Å². The predicted molar refractivity (Wildman–Crippen MR) is 60.8 cm³/mol. The second kappa shape index (κ2) is 5.54. The molecule has 0 saturated heterocycles. The van der Waals surface area contributed by atoms with Crippen molar-refractivity contribution >= 4 is 0 Å². The maximum absolute atomic E-state index is 12.9. The van der Waals surface area contributed by atoms with Gasteiger partial charge in [-0.1, -0.05) is 11.2 Å². The lowest BCUT2D eigenvalue weighted by atomic mass is 10.1. The van der Waals surface area contributed by atoms with Crippen LogP contribution in [0.4, 0.5) is 4.39 Å². The van der Waals surface area contributed by atoms with Crippen molar-refractivity contribution in [2.24, 2.45) is 0 Å². The van der Waals surface area contributed by atoms with Gasteiger partial charge in [0.2, 0.25) is 5.89 Å². The number of hydrogen-bond acceptors (Lipinski definition) is 4. The molecule has 4 nitrogen and oxygen atoms in total. The second-order valence-electron chi connectivity index (χ2n) is 3.83. The first-order chi connectivity index (χ1) is 8.25. The highest BCUT2D eigenvalue weighted by Gasteiger charge is 2.01. The molecule has 0 atom stereocenters. The lowest BCUT2D eigenvalue weighted by Crippen LogP contribution is -2.17. The van der Waals surface area contributed by atoms with E-state index >= 15 is 0 Å². The van der Waals surface area contributed by atoms with Crippen LogP contribution in [0.5, 0.6) is 0 Å². The third-order valence-corrected chi connectivity index (χ3v) is 2.54. The molecular weight excluding hydrogens is 221 g/mol. The van der Waals surface area contributed by atoms with Gasteiger partial charge in [-0.3, -0.25) is 0 Å². The lowest BCUT2D eigenvalue weighted by molar-refractivity contribution is 0.375. The summed E-state index contributed by atoms with van der Waals surface area (Å²) in [4.78, 5) is 3.92. The fourth-order valence-corrected chi connectivity index (χ4v) is 1.58. The Morgan fingerprint density at radius 1 is 1.41 bits per heavy atom. The standard InChI is InChI=1S/C12H14FN3O/c1-9-6-11(13)3-2-10(9)7-14-5-4-12-15-8-16-17-12/h2-3,6,8,14H,4-5,7H2,1H3. The van der Waals surface area contributed by atoms with Gasteiger partial charge in [-0.15, -0.1) is 0 Å². The molecule has 0 amide bonds. The van der Waals surface area contributed by atoms with Crippen LogP contribution >= 0.6 is 0 Å². The first-order valence-electron chi connectivity index (χ1n) is 5.47. The summed E-state index contributed by atoms with van der Waals surface area (Å²) in [6, 6.07) is 4.81. The van der Waals surface area contributed by atoms with Crippen LogP contribution in [-0.4, -0.2) is 16.7 Å². The molecule has 0 radical (unpaired) electrons. The zero-order valence-electron chi connectivity index (χ0n) is 9.61. The van der Waals surface area contributed by atoms with Crippen LogP contribution in [0.3, 0.4) is 0 Å². The number of nitrogens with zero attached hydrogens (tertiary/aromatic N) is 2. The second-order valence-corrected chi connectivity index (χ2v) is 3.83. The van der Waals surface area contributed by atoms with Gasteiger partial charge >= 0.3 is 0 Å². The van der Waals surface area contributed by atoms with Gasteiger partial charge in [0.25, 0.3) is 0 Å². The summed E-state index contributed by atoms with van der Waals surface area (Å²) in [5.74, 6) is 0.422. The fraction of sp³-hybridized carbons (Fsp3) is 0.333. The van der Waals surface area contributed by atoms with Gasteiger partial charge in [0, 0.05) is 19.5 Å². The minimum atomic E-state index is -0.197. The third-order valence-electron chi connectivity index (χ3n) is 2.54. The Hall–Kier alpha value is -1.75. The van der Waals surface area contributed by atoms with Crippen LogP contribution in [0, 0.1) is 12.7 Å². The summed E-state index contributed by atoms with van der Waals surface area (Å²) >= 11 is 0. The highest BCUT2D eigenvalue weighted by Crippen LogP contribution is 2.09. The molecule has 1 N–H and O–H groups in total. The van der Waals surface area contributed by atoms with Crippen molar-refractivity contribution < 1.29 is 8.91 Å². The number of aromatic nitrogens is 2. The van der Waals surface area contributed by atoms with E-state index in [4.69, 9.17) is 4.52 Å². The summed E-state index contributed by atoms with van der Waals surface area (Å²) in [5, 5.41) is 6.78. The Morgan fingerprint density at radius 2 is 2.29 bits per heavy atom. The van der Waals surface area contributed by atoms with Crippen molar-refractivity contribution in [2.45, 2.75) is 19.9 Å². The molecule has 17 heavy (non-hydrogen) atoms. The number of halogens is 1. The Balaban J connectivity index is 1.78. The molecule has 0 aliphatic rings. The molecule has 1 aromatic carbocycles. The van der Waals surface area contributed by atoms with E-state index in [1.807, 2.05) is 6.92 Å². The monoisotopic (exact) mass is 235 g/mol. The molecule has 0 saturated carbocycles. The number of hydrogen-bond donors (Lipinski definition) is 1. The Kier molecular flexibility index (Phi) is 3.82. The van der Waals surface area contributed by atoms with Gasteiger partial charge in [0.15, 0.2) is 6.33 Å². The van der Waals surface area contributed by atoms with Crippen LogP contribution < -0.4 is 5.32 Å². The molecule has 0 bridgehead atoms. The number of aryl methyl sites for hydroxylation is 1. The van der Waals surface area contributed by atoms with E-state index < -0.39 is 0 Å². The van der Waals surface area contributed by atoms with Crippen molar-refractivity contribution in [3.05, 3.63) is 47.4 Å². The molecule has 2 aromatic rings. The zero-order valence-corrected chi connectivity index (χ0v) is 9.61. The van der Waals surface area contributed by atoms with Crippen LogP contribution in [0.2, 0.25) is 0 Å². The smallest absolute Gasteiger partial charge is 0.227 e. The molecule has 0 aliphatic heterocycles. The molecule has 0 fully saturated rings. The van der Waals surface area contributed by atoms with Gasteiger partial charge in [-0.25, -0.2) is 4.39 Å². The van der Waals surface area contributed by atoms with Crippen molar-refractivity contribution in [2.75, 3.05) is 6.54 Å². The van der Waals surface area contributed by atoms with E-state index in [9.17, 15) is 4.39 Å². The minimum absolute atomic E-state index is 0.197. The molecular formula is C12H14FN3O. The van der Waals surface area contributed by atoms with Crippen LogP contribution in [0.1, 0.15) is 17.0 Å². The van der Waals surface area contributed by atoms with Crippen molar-refractivity contribution in [3.8, 4) is 0 Å². The van der Waals surface area contributed by atoms with Crippen molar-refractivity contribution in [3.63, 3.8) is 0 Å². The summed E-state index contributed by atoms with van der Waals surface area (Å²) in [7, 11) is 0. The molecule has 0 spiro atoms. The van der Waals surface area contributed by atoms with E-state index in [1.165, 1.54) is 18.5 Å². The summed E-state index contributed by atoms with van der Waals surface area (Å²) < 4.78 is 17.7. The van der Waals surface area contributed by atoms with Gasteiger partial charge in [0.1, 0.15) is 5.82 Å². The third kappa shape index (κ3) is 3.35.